The summed E-state index contributed by atoms with van der Waals surface area (Å²) in [5.74, 6) is 1.82. The summed E-state index contributed by atoms with van der Waals surface area (Å²) in [6.45, 7) is 0. The first kappa shape index (κ1) is 9.23. The Hall–Kier alpha value is -1.33. The minimum absolute atomic E-state index is 0.117. The molecule has 0 saturated heterocycles. The molecule has 0 bridgehead atoms. The van der Waals surface area contributed by atoms with E-state index in [4.69, 9.17) is 0 Å². The predicted molar refractivity (Wildman–Crippen MR) is 59.6 cm³/mol. The molecule has 1 nitrogen and oxygen atoms in total. The van der Waals surface area contributed by atoms with E-state index in [1.165, 1.54) is 15.2 Å². The summed E-state index contributed by atoms with van der Waals surface area (Å²) in [5.41, 5.74) is 0. The van der Waals surface area contributed by atoms with E-state index in [1.54, 1.807) is 4.97 Å². The summed E-state index contributed by atoms with van der Waals surface area (Å²) < 4.78 is 1.21. The number of fused-ring (bicyclic) bond motifs is 1. The zero-order valence-electron chi connectivity index (χ0n) is 7.44. The third kappa shape index (κ3) is 1.94. The Morgan fingerprint density at radius 1 is 1.07 bits per heavy atom. The Balaban J connectivity index is 2.45. The molecule has 0 aromatic heterocycles. The zero-order chi connectivity index (χ0) is 9.80. The van der Waals surface area contributed by atoms with Crippen LogP contribution in [0.4, 0.5) is 0 Å². The van der Waals surface area contributed by atoms with Gasteiger partial charge >= 0.3 is 88.4 Å². The molecule has 0 unspecified atom stereocenters. The molecular formula is C12H8OSe. The van der Waals surface area contributed by atoms with E-state index in [1.807, 2.05) is 18.1 Å². The van der Waals surface area contributed by atoms with Crippen molar-refractivity contribution in [3.63, 3.8) is 0 Å². The molecule has 68 valence electrons. The van der Waals surface area contributed by atoms with Gasteiger partial charge in [-0.25, -0.2) is 0 Å². The van der Waals surface area contributed by atoms with Gasteiger partial charge in [0.2, 0.25) is 0 Å². The van der Waals surface area contributed by atoms with E-state index in [0.717, 1.165) is 0 Å². The molecule has 0 spiro atoms. The molecule has 0 saturated carbocycles. The van der Waals surface area contributed by atoms with Gasteiger partial charge in [0, 0.05) is 0 Å². The molecule has 0 radical (unpaired) electrons. The van der Waals surface area contributed by atoms with Crippen LogP contribution >= 0.6 is 0 Å². The number of hydrogen-bond acceptors (Lipinski definition) is 1. The van der Waals surface area contributed by atoms with Gasteiger partial charge in [0.05, 0.1) is 0 Å². The molecule has 0 N–H and O–H groups in total. The van der Waals surface area contributed by atoms with E-state index in [0.29, 0.717) is 0 Å². The normalized spacial score (nSPS) is 9.71. The van der Waals surface area contributed by atoms with Crippen LogP contribution in [-0.2, 0) is 4.79 Å². The van der Waals surface area contributed by atoms with E-state index in [9.17, 15) is 4.79 Å². The Bertz CT molecular complexity index is 498. The SMILES string of the molecule is O=C=C[Se]c1ccc2ccccc2c1. The summed E-state index contributed by atoms with van der Waals surface area (Å²) in [6, 6.07) is 14.5. The van der Waals surface area contributed by atoms with Crippen LogP contribution < -0.4 is 4.46 Å². The second-order valence-corrected chi connectivity index (χ2v) is 4.84. The van der Waals surface area contributed by atoms with Gasteiger partial charge in [-0.3, -0.25) is 0 Å². The van der Waals surface area contributed by atoms with Crippen LogP contribution in [0.2, 0.25) is 0 Å². The Kier molecular flexibility index (Phi) is 2.81. The Morgan fingerprint density at radius 3 is 2.64 bits per heavy atom. The van der Waals surface area contributed by atoms with Crippen LogP contribution in [0.1, 0.15) is 0 Å². The van der Waals surface area contributed by atoms with Crippen LogP contribution in [0.15, 0.2) is 47.4 Å². The fourth-order valence-corrected chi connectivity index (χ4v) is 2.44. The second kappa shape index (κ2) is 4.25. The van der Waals surface area contributed by atoms with Gasteiger partial charge in [-0.1, -0.05) is 0 Å². The molecule has 2 aromatic rings. The minimum atomic E-state index is 0.117. The van der Waals surface area contributed by atoms with Crippen molar-refractivity contribution in [1.29, 1.82) is 0 Å². The first-order valence-corrected chi connectivity index (χ1v) is 6.09. The van der Waals surface area contributed by atoms with E-state index in [-0.39, 0.29) is 15.0 Å². The molecule has 2 aromatic carbocycles. The summed E-state index contributed by atoms with van der Waals surface area (Å²) >= 11 is 0.117. The average molecular weight is 247 g/mol. The van der Waals surface area contributed by atoms with Gasteiger partial charge in [-0.15, -0.1) is 0 Å². The summed E-state index contributed by atoms with van der Waals surface area (Å²) in [5, 5.41) is 2.47. The van der Waals surface area contributed by atoms with E-state index >= 15 is 0 Å². The molecule has 14 heavy (non-hydrogen) atoms. The molecule has 0 heterocycles. The fourth-order valence-electron chi connectivity index (χ4n) is 1.33. The summed E-state index contributed by atoms with van der Waals surface area (Å²) in [6.07, 6.45) is 0. The van der Waals surface area contributed by atoms with Gasteiger partial charge in [0.25, 0.3) is 0 Å². The van der Waals surface area contributed by atoms with Crippen molar-refractivity contribution in [2.45, 2.75) is 0 Å². The third-order valence-electron chi connectivity index (χ3n) is 1.96. The number of hydrogen-bond donors (Lipinski definition) is 0. The molecule has 0 fully saturated rings. The monoisotopic (exact) mass is 248 g/mol. The Morgan fingerprint density at radius 2 is 1.86 bits per heavy atom. The van der Waals surface area contributed by atoms with E-state index < -0.39 is 0 Å². The maximum absolute atomic E-state index is 10.1. The summed E-state index contributed by atoms with van der Waals surface area (Å²) in [7, 11) is 0. The number of benzene rings is 2. The van der Waals surface area contributed by atoms with Crippen LogP contribution in [0, 0.1) is 0 Å². The van der Waals surface area contributed by atoms with Gasteiger partial charge in [-0.2, -0.15) is 0 Å². The van der Waals surface area contributed by atoms with Crippen LogP contribution in [0.5, 0.6) is 0 Å². The van der Waals surface area contributed by atoms with Crippen molar-refractivity contribution in [3.8, 4) is 0 Å². The quantitative estimate of drug-likeness (QED) is 0.580. The Labute approximate surface area is 88.6 Å². The molecular weight excluding hydrogens is 239 g/mol. The van der Waals surface area contributed by atoms with Crippen molar-refractivity contribution in [1.82, 2.24) is 0 Å². The van der Waals surface area contributed by atoms with Gasteiger partial charge in [0.15, 0.2) is 0 Å². The standard InChI is InChI=1S/C12H8OSe/c13-7-8-14-12-6-5-10-3-1-2-4-11(10)9-12/h1-6,8-9H. The number of rotatable bonds is 2. The zero-order valence-corrected chi connectivity index (χ0v) is 9.15. The first-order chi connectivity index (χ1) is 6.90. The second-order valence-electron chi connectivity index (χ2n) is 2.86. The van der Waals surface area contributed by atoms with E-state index in [2.05, 4.69) is 30.3 Å². The molecule has 0 aliphatic heterocycles. The van der Waals surface area contributed by atoms with Crippen molar-refractivity contribution in [2.75, 3.05) is 0 Å². The molecule has 0 atom stereocenters. The topological polar surface area (TPSA) is 17.1 Å². The van der Waals surface area contributed by atoms with Crippen molar-refractivity contribution in [3.05, 3.63) is 47.4 Å². The maximum atomic E-state index is 10.1. The van der Waals surface area contributed by atoms with Gasteiger partial charge < -0.3 is 0 Å². The third-order valence-corrected chi connectivity index (χ3v) is 3.52. The van der Waals surface area contributed by atoms with Crippen molar-refractivity contribution in [2.24, 2.45) is 0 Å². The molecule has 2 heteroatoms. The molecule has 0 aliphatic rings. The number of carbonyl (C=O) groups excluding carboxylic acids is 1. The van der Waals surface area contributed by atoms with Gasteiger partial charge in [0.1, 0.15) is 0 Å². The van der Waals surface area contributed by atoms with Crippen molar-refractivity contribution < 1.29 is 4.79 Å². The fraction of sp³-hybridized carbons (Fsp3) is 0. The van der Waals surface area contributed by atoms with Crippen molar-refractivity contribution >= 4 is 36.1 Å². The molecule has 0 aliphatic carbocycles. The van der Waals surface area contributed by atoms with Crippen LogP contribution in [0.3, 0.4) is 0 Å². The predicted octanol–water partition coefficient (Wildman–Crippen LogP) is 1.51. The van der Waals surface area contributed by atoms with Gasteiger partial charge in [-0.05, 0) is 0 Å². The molecule has 0 amide bonds. The summed E-state index contributed by atoms with van der Waals surface area (Å²) in [4.78, 5) is 11.6. The van der Waals surface area contributed by atoms with Crippen LogP contribution in [-0.4, -0.2) is 20.9 Å². The van der Waals surface area contributed by atoms with Crippen LogP contribution in [0.25, 0.3) is 10.8 Å². The average Bonchev–Trinajstić information content (AvgIpc) is 2.26. The molecule has 2 rings (SSSR count). The first-order valence-electron chi connectivity index (χ1n) is 4.25.